The summed E-state index contributed by atoms with van der Waals surface area (Å²) in [6.45, 7) is 21.7. The van der Waals surface area contributed by atoms with Crippen LogP contribution in [0.1, 0.15) is 138 Å². The van der Waals surface area contributed by atoms with E-state index in [1.54, 1.807) is 34.6 Å². The molecule has 2 aliphatic carbocycles. The lowest BCUT2D eigenvalue weighted by Gasteiger charge is -2.36. The van der Waals surface area contributed by atoms with E-state index in [4.69, 9.17) is 19.9 Å². The van der Waals surface area contributed by atoms with Crippen molar-refractivity contribution in [1.82, 2.24) is 16.0 Å². The minimum absolute atomic E-state index is 0. The van der Waals surface area contributed by atoms with Crippen molar-refractivity contribution in [3.8, 4) is 0 Å². The maximum atomic E-state index is 13.1. The maximum Gasteiger partial charge on any atom is 0.408 e. The molecular weight excluding hydrogens is 808 g/mol. The van der Waals surface area contributed by atoms with Crippen LogP contribution in [0.3, 0.4) is 0 Å². The molecule has 5 N–H and O–H groups in total. The first-order valence-electron chi connectivity index (χ1n) is 22.5. The van der Waals surface area contributed by atoms with E-state index < -0.39 is 35.9 Å². The van der Waals surface area contributed by atoms with Crippen LogP contribution in [0.2, 0.25) is 0 Å². The number of carbonyl (C=O) groups excluding carboxylic acids is 5. The molecule has 13 heteroatoms. The number of alkyl carbamates (subject to hydrolysis) is 1. The summed E-state index contributed by atoms with van der Waals surface area (Å²) >= 11 is 0. The van der Waals surface area contributed by atoms with E-state index >= 15 is 0 Å². The normalized spacial score (nSPS) is 23.1. The number of amides is 3. The lowest BCUT2D eigenvalue weighted by Crippen LogP contribution is -2.48. The minimum Gasteiger partial charge on any atom is -0.463 e. The highest BCUT2D eigenvalue weighted by atomic mass is 35.5. The van der Waals surface area contributed by atoms with Gasteiger partial charge in [-0.05, 0) is 107 Å². The molecule has 2 aromatic carbocycles. The summed E-state index contributed by atoms with van der Waals surface area (Å²) in [7, 11) is 0. The van der Waals surface area contributed by atoms with Gasteiger partial charge in [-0.1, -0.05) is 115 Å². The Morgan fingerprint density at radius 2 is 1.02 bits per heavy atom. The summed E-state index contributed by atoms with van der Waals surface area (Å²) in [6.07, 6.45) is 5.46. The highest BCUT2D eigenvalue weighted by Crippen LogP contribution is 2.40. The Morgan fingerprint density at radius 1 is 0.629 bits per heavy atom. The summed E-state index contributed by atoms with van der Waals surface area (Å²) in [5.41, 5.74) is 6.75. The van der Waals surface area contributed by atoms with Gasteiger partial charge in [0, 0.05) is 0 Å². The number of halogens is 1. The smallest absolute Gasteiger partial charge is 0.408 e. The van der Waals surface area contributed by atoms with E-state index in [9.17, 15) is 24.0 Å². The number of rotatable bonds is 15. The Hall–Kier alpha value is -4.16. The molecule has 10 atom stereocenters. The summed E-state index contributed by atoms with van der Waals surface area (Å²) < 4.78 is 16.7. The molecule has 0 aliphatic heterocycles. The van der Waals surface area contributed by atoms with E-state index in [0.29, 0.717) is 35.5 Å². The van der Waals surface area contributed by atoms with E-state index in [0.717, 1.165) is 43.2 Å². The van der Waals surface area contributed by atoms with Crippen molar-refractivity contribution in [2.45, 2.75) is 144 Å². The zero-order valence-corrected chi connectivity index (χ0v) is 39.9. The number of hydrogen-bond acceptors (Lipinski definition) is 9. The van der Waals surface area contributed by atoms with Gasteiger partial charge in [0.25, 0.3) is 0 Å². The summed E-state index contributed by atoms with van der Waals surface area (Å²) in [4.78, 5) is 62.9. The molecule has 0 aromatic heterocycles. The van der Waals surface area contributed by atoms with Crippen LogP contribution in [0, 0.1) is 47.3 Å². The number of ether oxygens (including phenoxy) is 3. The molecule has 2 saturated carbocycles. The van der Waals surface area contributed by atoms with Crippen LogP contribution in [0.25, 0.3) is 0 Å². The predicted molar refractivity (Wildman–Crippen MR) is 246 cm³/mol. The van der Waals surface area contributed by atoms with Gasteiger partial charge in [-0.25, -0.2) is 4.79 Å². The Labute approximate surface area is 377 Å². The predicted octanol–water partition coefficient (Wildman–Crippen LogP) is 8.87. The highest BCUT2D eigenvalue weighted by Gasteiger charge is 2.38. The second-order valence-corrected chi connectivity index (χ2v) is 19.2. The van der Waals surface area contributed by atoms with Crippen LogP contribution in [-0.4, -0.2) is 60.7 Å². The van der Waals surface area contributed by atoms with Crippen molar-refractivity contribution in [3.63, 3.8) is 0 Å². The van der Waals surface area contributed by atoms with Gasteiger partial charge in [0.1, 0.15) is 24.9 Å². The van der Waals surface area contributed by atoms with Crippen LogP contribution < -0.4 is 21.7 Å². The topological polar surface area (TPSA) is 175 Å². The molecule has 2 aromatic rings. The zero-order valence-electron chi connectivity index (χ0n) is 39.1. The van der Waals surface area contributed by atoms with Crippen LogP contribution in [0.5, 0.6) is 0 Å². The number of nitrogens with one attached hydrogen (secondary N) is 3. The summed E-state index contributed by atoms with van der Waals surface area (Å²) in [5, 5.41) is 8.36. The average Bonchev–Trinajstić information content (AvgIpc) is 3.20. The van der Waals surface area contributed by atoms with E-state index in [1.165, 1.54) is 6.42 Å². The van der Waals surface area contributed by atoms with Gasteiger partial charge in [-0.15, -0.1) is 12.4 Å². The molecule has 348 valence electrons. The Bertz CT molecular complexity index is 1690. The average molecular weight is 886 g/mol. The van der Waals surface area contributed by atoms with Crippen LogP contribution in [0.15, 0.2) is 60.7 Å². The molecule has 0 saturated heterocycles. The second-order valence-electron chi connectivity index (χ2n) is 19.2. The molecule has 0 radical (unpaired) electrons. The quantitative estimate of drug-likeness (QED) is 0.101. The Balaban J connectivity index is 0.000000430. The SMILES string of the molecule is CC(C)[C@@H]1CC[C@@H](C)C[C@H]1C(=O)OC[C@@H](NC(=O)[C@@H](C)N)c1ccccc1.CC(C)[C@@H]1CC[C@@H](C)C[C@H]1C(=O)OC[C@@H](NC(=O)[C@@H](C)NC(=O)OC(C)(C)C)c1ccccc1.Cl. The zero-order chi connectivity index (χ0) is 45.4. The lowest BCUT2D eigenvalue weighted by molar-refractivity contribution is -0.155. The minimum atomic E-state index is -0.818. The van der Waals surface area contributed by atoms with E-state index in [1.807, 2.05) is 60.7 Å². The Morgan fingerprint density at radius 3 is 1.37 bits per heavy atom. The molecule has 12 nitrogen and oxygen atoms in total. The molecule has 62 heavy (non-hydrogen) atoms. The van der Waals surface area contributed by atoms with Crippen molar-refractivity contribution in [1.29, 1.82) is 0 Å². The van der Waals surface area contributed by atoms with Gasteiger partial charge in [0.2, 0.25) is 11.8 Å². The number of nitrogens with two attached hydrogens (primary N) is 1. The second kappa shape index (κ2) is 25.8. The fourth-order valence-electron chi connectivity index (χ4n) is 8.45. The maximum absolute atomic E-state index is 13.1. The van der Waals surface area contributed by atoms with Gasteiger partial charge >= 0.3 is 18.0 Å². The van der Waals surface area contributed by atoms with Gasteiger partial charge in [0.05, 0.1) is 30.0 Å². The lowest BCUT2D eigenvalue weighted by atomic mass is 9.70. The van der Waals surface area contributed by atoms with Crippen molar-refractivity contribution in [2.75, 3.05) is 13.2 Å². The molecule has 2 aliphatic rings. The van der Waals surface area contributed by atoms with Crippen molar-refractivity contribution in [2.24, 2.45) is 53.1 Å². The summed E-state index contributed by atoms with van der Waals surface area (Å²) in [6, 6.07) is 16.6. The van der Waals surface area contributed by atoms with Gasteiger partial charge in [-0.3, -0.25) is 19.2 Å². The number of hydrogen-bond donors (Lipinski definition) is 4. The number of benzene rings is 2. The molecule has 0 spiro atoms. The van der Waals surface area contributed by atoms with E-state index in [-0.39, 0.29) is 61.2 Å². The first-order valence-corrected chi connectivity index (χ1v) is 22.5. The first-order chi connectivity index (χ1) is 28.7. The fourth-order valence-corrected chi connectivity index (χ4v) is 8.45. The first kappa shape index (κ1) is 54.0. The van der Waals surface area contributed by atoms with Crippen LogP contribution in [0.4, 0.5) is 4.79 Å². The number of carbonyl (C=O) groups is 5. The molecule has 0 bridgehead atoms. The van der Waals surface area contributed by atoms with Crippen molar-refractivity contribution in [3.05, 3.63) is 71.8 Å². The molecule has 0 unspecified atom stereocenters. The standard InChI is InChI=1S/C27H42N2O5.C22H34N2O3.ClH/c1-17(2)21-14-13-18(3)15-22(21)25(31)33-16-23(20-11-9-8-10-12-20)29-24(30)19(4)28-26(32)34-27(5,6)7;1-14(2)18-11-10-15(3)12-19(18)22(26)27-13-20(24-21(25)16(4)23)17-8-6-5-7-9-17;/h8-12,17-19,21-23H,13-16H2,1-7H3,(H,28,32)(H,29,30);5-9,14-16,18-20H,10-13,23H2,1-4H3,(H,24,25);1H/t18-,19-,21+,22-,23-;15-,16-,18+,19-,20-;/m11./s1. The van der Waals surface area contributed by atoms with Gasteiger partial charge in [-0.2, -0.15) is 0 Å². The molecule has 4 rings (SSSR count). The third kappa shape index (κ3) is 17.9. The van der Waals surface area contributed by atoms with Crippen molar-refractivity contribution >= 4 is 42.3 Å². The largest absolute Gasteiger partial charge is 0.463 e. The van der Waals surface area contributed by atoms with Gasteiger partial charge < -0.3 is 35.9 Å². The molecular formula is C49H77ClN4O8. The molecule has 2 fully saturated rings. The Kier molecular flexibility index (Phi) is 22.5. The summed E-state index contributed by atoms with van der Waals surface area (Å²) in [5.74, 6) is 1.42. The third-order valence-corrected chi connectivity index (χ3v) is 12.0. The molecule has 3 amide bonds. The monoisotopic (exact) mass is 885 g/mol. The van der Waals surface area contributed by atoms with Crippen LogP contribution in [-0.2, 0) is 33.4 Å². The third-order valence-electron chi connectivity index (χ3n) is 12.0. The fraction of sp³-hybridized carbons (Fsp3) is 0.653. The number of esters is 2. The highest BCUT2D eigenvalue weighted by molar-refractivity contribution is 5.86. The van der Waals surface area contributed by atoms with Crippen molar-refractivity contribution < 1.29 is 38.2 Å². The van der Waals surface area contributed by atoms with Crippen LogP contribution >= 0.6 is 12.4 Å². The van der Waals surface area contributed by atoms with E-state index in [2.05, 4.69) is 57.5 Å². The molecule has 0 heterocycles. The van der Waals surface area contributed by atoms with Gasteiger partial charge in [0.15, 0.2) is 0 Å².